The van der Waals surface area contributed by atoms with E-state index in [9.17, 15) is 4.79 Å². The molecule has 4 nitrogen and oxygen atoms in total. The van der Waals surface area contributed by atoms with Crippen LogP contribution in [0.2, 0.25) is 0 Å². The number of amides is 1. The van der Waals surface area contributed by atoms with Crippen LogP contribution in [0.4, 0.5) is 5.82 Å². The number of nitrogens with one attached hydrogen (secondary N) is 1. The zero-order valence-corrected chi connectivity index (χ0v) is 11.2. The lowest BCUT2D eigenvalue weighted by Crippen LogP contribution is -2.22. The second-order valence-electron chi connectivity index (χ2n) is 3.34. The number of anilines is 1. The predicted octanol–water partition coefficient (Wildman–Crippen LogP) is 2.42. The van der Waals surface area contributed by atoms with Crippen molar-refractivity contribution >= 4 is 39.0 Å². The third-order valence-corrected chi connectivity index (χ3v) is 4.07. The molecule has 2 rings (SSSR count). The van der Waals surface area contributed by atoms with Crippen LogP contribution in [0.5, 0.6) is 0 Å². The second-order valence-corrected chi connectivity index (χ2v) is 5.20. The van der Waals surface area contributed by atoms with Crippen molar-refractivity contribution in [2.24, 2.45) is 0 Å². The highest BCUT2D eigenvalue weighted by Crippen LogP contribution is 2.22. The van der Waals surface area contributed by atoms with E-state index in [-0.39, 0.29) is 5.91 Å². The number of thiophene rings is 1. The third-order valence-electron chi connectivity index (χ3n) is 2.14. The van der Waals surface area contributed by atoms with Gasteiger partial charge in [-0.15, -0.1) is 11.3 Å². The van der Waals surface area contributed by atoms with Crippen LogP contribution < -0.4 is 11.1 Å². The molecule has 17 heavy (non-hydrogen) atoms. The van der Waals surface area contributed by atoms with Gasteiger partial charge < -0.3 is 11.1 Å². The van der Waals surface area contributed by atoms with Crippen molar-refractivity contribution in [2.45, 2.75) is 6.54 Å². The SMILES string of the molecule is Nc1cc(C(=O)NCc2sccc2Br)ccn1. The summed E-state index contributed by atoms with van der Waals surface area (Å²) in [5.74, 6) is 0.189. The number of pyridine rings is 1. The van der Waals surface area contributed by atoms with Crippen LogP contribution in [0.1, 0.15) is 15.2 Å². The van der Waals surface area contributed by atoms with E-state index in [1.807, 2.05) is 11.4 Å². The number of halogens is 1. The standard InChI is InChI=1S/C11H10BrN3OS/c12-8-2-4-17-9(8)6-15-11(16)7-1-3-14-10(13)5-7/h1-5H,6H2,(H2,13,14)(H,15,16). The molecule has 0 aromatic carbocycles. The zero-order chi connectivity index (χ0) is 12.3. The monoisotopic (exact) mass is 311 g/mol. The highest BCUT2D eigenvalue weighted by atomic mass is 79.9. The molecule has 0 fully saturated rings. The van der Waals surface area contributed by atoms with E-state index < -0.39 is 0 Å². The first kappa shape index (κ1) is 12.1. The van der Waals surface area contributed by atoms with E-state index in [2.05, 4.69) is 26.2 Å². The number of nitrogen functional groups attached to an aromatic ring is 1. The first-order valence-corrected chi connectivity index (χ1v) is 6.55. The normalized spacial score (nSPS) is 10.2. The van der Waals surface area contributed by atoms with Crippen molar-refractivity contribution in [2.75, 3.05) is 5.73 Å². The highest BCUT2D eigenvalue weighted by molar-refractivity contribution is 9.10. The van der Waals surface area contributed by atoms with Crippen molar-refractivity contribution in [3.8, 4) is 0 Å². The number of nitrogens with two attached hydrogens (primary N) is 1. The summed E-state index contributed by atoms with van der Waals surface area (Å²) >= 11 is 5.00. The Hall–Kier alpha value is -1.40. The molecule has 2 aromatic heterocycles. The molecule has 0 spiro atoms. The van der Waals surface area contributed by atoms with Gasteiger partial charge in [0, 0.05) is 21.1 Å². The van der Waals surface area contributed by atoms with Gasteiger partial charge in [-0.1, -0.05) is 0 Å². The van der Waals surface area contributed by atoms with Gasteiger partial charge in [0.2, 0.25) is 0 Å². The third kappa shape index (κ3) is 3.04. The van der Waals surface area contributed by atoms with Gasteiger partial charge in [0.05, 0.1) is 6.54 Å². The van der Waals surface area contributed by atoms with Crippen molar-refractivity contribution < 1.29 is 4.79 Å². The molecule has 0 aliphatic heterocycles. The maximum atomic E-state index is 11.8. The highest BCUT2D eigenvalue weighted by Gasteiger charge is 2.07. The molecule has 0 saturated heterocycles. The molecule has 0 aliphatic rings. The Balaban J connectivity index is 2.01. The topological polar surface area (TPSA) is 68.0 Å². The molecule has 6 heteroatoms. The summed E-state index contributed by atoms with van der Waals surface area (Å²) in [6.45, 7) is 0.499. The van der Waals surface area contributed by atoms with Gasteiger partial charge in [-0.3, -0.25) is 4.79 Å². The number of carbonyl (C=O) groups is 1. The molecule has 0 bridgehead atoms. The van der Waals surface area contributed by atoms with Crippen LogP contribution in [0.25, 0.3) is 0 Å². The molecule has 0 atom stereocenters. The van der Waals surface area contributed by atoms with Gasteiger partial charge in [-0.2, -0.15) is 0 Å². The number of rotatable bonds is 3. The molecule has 1 amide bonds. The van der Waals surface area contributed by atoms with Gasteiger partial charge >= 0.3 is 0 Å². The van der Waals surface area contributed by atoms with E-state index in [0.717, 1.165) is 9.35 Å². The Morgan fingerprint density at radius 3 is 3.00 bits per heavy atom. The fraction of sp³-hybridized carbons (Fsp3) is 0.0909. The van der Waals surface area contributed by atoms with Crippen molar-refractivity contribution in [3.63, 3.8) is 0 Å². The summed E-state index contributed by atoms with van der Waals surface area (Å²) in [7, 11) is 0. The number of aromatic nitrogens is 1. The molecular formula is C11H10BrN3OS. The van der Waals surface area contributed by atoms with Gasteiger partial charge in [0.15, 0.2) is 0 Å². The maximum absolute atomic E-state index is 11.8. The van der Waals surface area contributed by atoms with Crippen molar-refractivity contribution in [3.05, 3.63) is 44.7 Å². The Labute approximate surface area is 111 Å². The average Bonchev–Trinajstić information content (AvgIpc) is 2.72. The van der Waals surface area contributed by atoms with Gasteiger partial charge in [0.1, 0.15) is 5.82 Å². The summed E-state index contributed by atoms with van der Waals surface area (Å²) in [6, 6.07) is 5.14. The minimum absolute atomic E-state index is 0.153. The molecular weight excluding hydrogens is 302 g/mol. The number of hydrogen-bond acceptors (Lipinski definition) is 4. The molecule has 3 N–H and O–H groups in total. The lowest BCUT2D eigenvalue weighted by atomic mass is 10.2. The quantitative estimate of drug-likeness (QED) is 0.914. The molecule has 0 aliphatic carbocycles. The lowest BCUT2D eigenvalue weighted by Gasteiger charge is -2.04. The fourth-order valence-electron chi connectivity index (χ4n) is 1.30. The fourth-order valence-corrected chi connectivity index (χ4v) is 2.74. The second kappa shape index (κ2) is 5.29. The van der Waals surface area contributed by atoms with Crippen LogP contribution in [0.15, 0.2) is 34.2 Å². The molecule has 0 unspecified atom stereocenters. The van der Waals surface area contributed by atoms with Crippen LogP contribution in [-0.4, -0.2) is 10.9 Å². The van der Waals surface area contributed by atoms with Crippen LogP contribution >= 0.6 is 27.3 Å². The summed E-state index contributed by atoms with van der Waals surface area (Å²) in [6.07, 6.45) is 1.52. The molecule has 2 aromatic rings. The van der Waals surface area contributed by atoms with Crippen LogP contribution in [-0.2, 0) is 6.54 Å². The van der Waals surface area contributed by atoms with Gasteiger partial charge in [0.25, 0.3) is 5.91 Å². The molecule has 0 saturated carbocycles. The summed E-state index contributed by atoms with van der Waals surface area (Å²) in [5.41, 5.74) is 6.03. The average molecular weight is 312 g/mol. The van der Waals surface area contributed by atoms with Gasteiger partial charge in [-0.05, 0) is 39.5 Å². The Morgan fingerprint density at radius 1 is 1.53 bits per heavy atom. The van der Waals surface area contributed by atoms with E-state index in [0.29, 0.717) is 17.9 Å². The predicted molar refractivity (Wildman–Crippen MR) is 71.8 cm³/mol. The largest absolute Gasteiger partial charge is 0.384 e. The zero-order valence-electron chi connectivity index (χ0n) is 8.81. The summed E-state index contributed by atoms with van der Waals surface area (Å²) in [4.78, 5) is 16.7. The lowest BCUT2D eigenvalue weighted by molar-refractivity contribution is 0.0951. The number of hydrogen-bond donors (Lipinski definition) is 2. The Morgan fingerprint density at radius 2 is 2.35 bits per heavy atom. The summed E-state index contributed by atoms with van der Waals surface area (Å²) < 4.78 is 1.01. The first-order chi connectivity index (χ1) is 8.16. The first-order valence-electron chi connectivity index (χ1n) is 4.88. The minimum Gasteiger partial charge on any atom is -0.384 e. The van der Waals surface area contributed by atoms with E-state index in [4.69, 9.17) is 5.73 Å². The van der Waals surface area contributed by atoms with Crippen LogP contribution in [0, 0.1) is 0 Å². The Bertz CT molecular complexity index is 541. The number of nitrogens with zero attached hydrogens (tertiary/aromatic N) is 1. The van der Waals surface area contributed by atoms with E-state index in [1.54, 1.807) is 23.5 Å². The smallest absolute Gasteiger partial charge is 0.251 e. The maximum Gasteiger partial charge on any atom is 0.251 e. The molecule has 0 radical (unpaired) electrons. The minimum atomic E-state index is -0.153. The molecule has 2 heterocycles. The van der Waals surface area contributed by atoms with Gasteiger partial charge in [-0.25, -0.2) is 4.98 Å². The van der Waals surface area contributed by atoms with Crippen molar-refractivity contribution in [1.82, 2.24) is 10.3 Å². The van der Waals surface area contributed by atoms with Crippen molar-refractivity contribution in [1.29, 1.82) is 0 Å². The Kier molecular flexibility index (Phi) is 3.75. The van der Waals surface area contributed by atoms with Crippen LogP contribution in [0.3, 0.4) is 0 Å². The van der Waals surface area contributed by atoms with E-state index >= 15 is 0 Å². The van der Waals surface area contributed by atoms with E-state index in [1.165, 1.54) is 6.20 Å². The number of carbonyl (C=O) groups excluding carboxylic acids is 1. The summed E-state index contributed by atoms with van der Waals surface area (Å²) in [5, 5.41) is 4.80. The molecule has 88 valence electrons.